The molecule has 0 fully saturated rings. The van der Waals surface area contributed by atoms with E-state index >= 15 is 0 Å². The number of hydrazone groups is 1. The van der Waals surface area contributed by atoms with E-state index in [1.54, 1.807) is 62.0 Å². The topological polar surface area (TPSA) is 100 Å². The number of nitrogens with zero attached hydrogens (tertiary/aromatic N) is 4. The lowest BCUT2D eigenvalue weighted by atomic mass is 10.1. The van der Waals surface area contributed by atoms with Gasteiger partial charge in [0.15, 0.2) is 17.3 Å². The van der Waals surface area contributed by atoms with Gasteiger partial charge >= 0.3 is 0 Å². The fourth-order valence-electron chi connectivity index (χ4n) is 3.40. The van der Waals surface area contributed by atoms with Crippen molar-refractivity contribution in [3.63, 3.8) is 0 Å². The number of methoxy groups -OCH3 is 1. The minimum absolute atomic E-state index is 0.0478. The number of nitrogens with one attached hydrogen (secondary N) is 1. The van der Waals surface area contributed by atoms with E-state index in [9.17, 15) is 4.79 Å². The minimum Gasteiger partial charge on any atom is -0.493 e. The molecule has 8 nitrogen and oxygen atoms in total. The summed E-state index contributed by atoms with van der Waals surface area (Å²) in [5, 5.41) is 16.0. The maximum atomic E-state index is 12.7. The standard InChI is InChI=1S/C25H18ClN5O3S/c1-33-21-12-16(6-9-20(21)34-14-15-4-7-18(26)8-5-15)11-19-22(27)31-25(29-23(19)32)35-24(30-31)17-3-2-10-28-13-17/h2-13,27H,14H2,1H3. The number of amides is 1. The number of halogens is 1. The predicted octanol–water partition coefficient (Wildman–Crippen LogP) is 4.99. The number of amidine groups is 2. The molecule has 0 spiro atoms. The Bertz CT molecular complexity index is 1400. The van der Waals surface area contributed by atoms with Gasteiger partial charge in [0.2, 0.25) is 5.17 Å². The number of benzene rings is 2. The molecule has 174 valence electrons. The van der Waals surface area contributed by atoms with E-state index in [0.717, 1.165) is 11.1 Å². The Balaban J connectivity index is 1.37. The Hall–Kier alpha value is -3.95. The van der Waals surface area contributed by atoms with Gasteiger partial charge in [0.05, 0.1) is 12.7 Å². The number of aromatic nitrogens is 1. The second-order valence-electron chi connectivity index (χ2n) is 7.49. The SMILES string of the molecule is COc1cc(C=C2C(=N)N3N=C(c4cccnc4)SC3=NC2=O)ccc1OCc1ccc(Cl)cc1. The first kappa shape index (κ1) is 22.8. The number of carbonyl (C=O) groups is 1. The maximum Gasteiger partial charge on any atom is 0.283 e. The third-order valence-corrected chi connectivity index (χ3v) is 6.38. The van der Waals surface area contributed by atoms with Crippen molar-refractivity contribution in [3.8, 4) is 11.5 Å². The van der Waals surface area contributed by atoms with Gasteiger partial charge in [-0.1, -0.05) is 29.8 Å². The predicted molar refractivity (Wildman–Crippen MR) is 137 cm³/mol. The van der Waals surface area contributed by atoms with Crippen LogP contribution >= 0.6 is 23.4 Å². The van der Waals surface area contributed by atoms with Crippen LogP contribution < -0.4 is 9.47 Å². The van der Waals surface area contributed by atoms with Crippen LogP contribution in [-0.4, -0.2) is 39.1 Å². The monoisotopic (exact) mass is 503 g/mol. The first-order valence-corrected chi connectivity index (χ1v) is 11.7. The maximum absolute atomic E-state index is 12.7. The quantitative estimate of drug-likeness (QED) is 0.476. The molecule has 0 bridgehead atoms. The average molecular weight is 504 g/mol. The molecule has 2 aromatic carbocycles. The Morgan fingerprint density at radius 1 is 1.14 bits per heavy atom. The fourth-order valence-corrected chi connectivity index (χ4v) is 4.41. The Labute approximate surface area is 210 Å². The highest BCUT2D eigenvalue weighted by molar-refractivity contribution is 8.27. The lowest BCUT2D eigenvalue weighted by molar-refractivity contribution is -0.114. The van der Waals surface area contributed by atoms with Gasteiger partial charge in [0, 0.05) is 23.0 Å². The number of aliphatic imine (C=N–C) groups is 1. The van der Waals surface area contributed by atoms with Crippen LogP contribution in [0.4, 0.5) is 0 Å². The zero-order chi connectivity index (χ0) is 24.4. The van der Waals surface area contributed by atoms with Crippen LogP contribution in [0, 0.1) is 5.41 Å². The number of rotatable bonds is 6. The zero-order valence-electron chi connectivity index (χ0n) is 18.4. The van der Waals surface area contributed by atoms with Crippen LogP contribution in [0.2, 0.25) is 5.02 Å². The van der Waals surface area contributed by atoms with E-state index < -0.39 is 5.91 Å². The van der Waals surface area contributed by atoms with Gasteiger partial charge in [-0.2, -0.15) is 15.1 Å². The molecule has 0 saturated carbocycles. The second-order valence-corrected chi connectivity index (χ2v) is 8.88. The molecule has 10 heteroatoms. The number of thioether (sulfide) groups is 1. The number of pyridine rings is 1. The van der Waals surface area contributed by atoms with E-state index in [-0.39, 0.29) is 11.4 Å². The van der Waals surface area contributed by atoms with Gasteiger partial charge in [-0.15, -0.1) is 0 Å². The molecule has 0 unspecified atom stereocenters. The molecular formula is C25H18ClN5O3S. The van der Waals surface area contributed by atoms with E-state index in [4.69, 9.17) is 26.5 Å². The Morgan fingerprint density at radius 3 is 2.71 bits per heavy atom. The second kappa shape index (κ2) is 9.73. The number of carbonyl (C=O) groups excluding carboxylic acids is 1. The third kappa shape index (κ3) is 4.82. The smallest absolute Gasteiger partial charge is 0.283 e. The van der Waals surface area contributed by atoms with Gasteiger partial charge in [-0.05, 0) is 65.4 Å². The highest BCUT2D eigenvalue weighted by atomic mass is 35.5. The lowest BCUT2D eigenvalue weighted by Gasteiger charge is -2.20. The molecule has 35 heavy (non-hydrogen) atoms. The Kier molecular flexibility index (Phi) is 6.35. The third-order valence-electron chi connectivity index (χ3n) is 5.17. The summed E-state index contributed by atoms with van der Waals surface area (Å²) in [5.41, 5.74) is 2.55. The molecule has 0 aliphatic carbocycles. The van der Waals surface area contributed by atoms with Crippen LogP contribution in [0.1, 0.15) is 16.7 Å². The van der Waals surface area contributed by atoms with Crippen molar-refractivity contribution >= 4 is 51.4 Å². The minimum atomic E-state index is -0.501. The van der Waals surface area contributed by atoms with E-state index in [1.165, 1.54) is 16.8 Å². The molecule has 3 heterocycles. The van der Waals surface area contributed by atoms with E-state index in [1.807, 2.05) is 18.2 Å². The number of hydrogen-bond donors (Lipinski definition) is 1. The summed E-state index contributed by atoms with van der Waals surface area (Å²) in [6, 6.07) is 16.3. The largest absolute Gasteiger partial charge is 0.493 e. The highest BCUT2D eigenvalue weighted by Crippen LogP contribution is 2.33. The van der Waals surface area contributed by atoms with Gasteiger partial charge in [0.25, 0.3) is 5.91 Å². The molecule has 1 N–H and O–H groups in total. The van der Waals surface area contributed by atoms with Gasteiger partial charge in [-0.3, -0.25) is 15.2 Å². The molecule has 2 aliphatic rings. The van der Waals surface area contributed by atoms with Crippen molar-refractivity contribution in [2.75, 3.05) is 7.11 Å². The van der Waals surface area contributed by atoms with Crippen molar-refractivity contribution in [1.82, 2.24) is 9.99 Å². The zero-order valence-corrected chi connectivity index (χ0v) is 20.0. The normalized spacial score (nSPS) is 16.2. The molecule has 0 saturated heterocycles. The van der Waals surface area contributed by atoms with Crippen molar-refractivity contribution < 1.29 is 14.3 Å². The number of fused-ring (bicyclic) bond motifs is 1. The molecule has 3 aromatic rings. The molecule has 0 atom stereocenters. The van der Waals surface area contributed by atoms with Crippen LogP contribution in [0.15, 0.2) is 82.7 Å². The van der Waals surface area contributed by atoms with Crippen molar-refractivity contribution in [2.24, 2.45) is 10.1 Å². The van der Waals surface area contributed by atoms with Crippen molar-refractivity contribution in [3.05, 3.63) is 94.3 Å². The van der Waals surface area contributed by atoms with Gasteiger partial charge in [0.1, 0.15) is 11.7 Å². The summed E-state index contributed by atoms with van der Waals surface area (Å²) in [7, 11) is 1.54. The highest BCUT2D eigenvalue weighted by Gasteiger charge is 2.36. The van der Waals surface area contributed by atoms with Gasteiger partial charge < -0.3 is 9.47 Å². The summed E-state index contributed by atoms with van der Waals surface area (Å²) in [6.07, 6.45) is 4.94. The number of ether oxygens (including phenoxy) is 2. The first-order valence-electron chi connectivity index (χ1n) is 10.5. The van der Waals surface area contributed by atoms with E-state index in [0.29, 0.717) is 38.9 Å². The lowest BCUT2D eigenvalue weighted by Crippen LogP contribution is -2.35. The summed E-state index contributed by atoms with van der Waals surface area (Å²) in [4.78, 5) is 21.0. The molecule has 1 aromatic heterocycles. The summed E-state index contributed by atoms with van der Waals surface area (Å²) in [6.45, 7) is 0.346. The van der Waals surface area contributed by atoms with Crippen LogP contribution in [0.3, 0.4) is 0 Å². The van der Waals surface area contributed by atoms with Crippen molar-refractivity contribution in [1.29, 1.82) is 5.41 Å². The Morgan fingerprint density at radius 2 is 1.97 bits per heavy atom. The number of hydrogen-bond acceptors (Lipinski definition) is 7. The van der Waals surface area contributed by atoms with Crippen LogP contribution in [0.5, 0.6) is 11.5 Å². The molecule has 2 aliphatic heterocycles. The average Bonchev–Trinajstić information content (AvgIpc) is 3.31. The summed E-state index contributed by atoms with van der Waals surface area (Å²) in [5.74, 6) is 0.504. The summed E-state index contributed by atoms with van der Waals surface area (Å²) < 4.78 is 11.4. The van der Waals surface area contributed by atoms with Crippen LogP contribution in [0.25, 0.3) is 6.08 Å². The van der Waals surface area contributed by atoms with E-state index in [2.05, 4.69) is 15.1 Å². The van der Waals surface area contributed by atoms with Crippen LogP contribution in [-0.2, 0) is 11.4 Å². The molecule has 1 amide bonds. The molecule has 5 rings (SSSR count). The molecular weight excluding hydrogens is 486 g/mol. The fraction of sp³-hybridized carbons (Fsp3) is 0.0800. The first-order chi connectivity index (χ1) is 17.0. The molecule has 0 radical (unpaired) electrons. The van der Waals surface area contributed by atoms with Gasteiger partial charge in [-0.25, -0.2) is 0 Å². The summed E-state index contributed by atoms with van der Waals surface area (Å²) >= 11 is 7.16. The van der Waals surface area contributed by atoms with Crippen molar-refractivity contribution in [2.45, 2.75) is 6.61 Å².